The zero-order chi connectivity index (χ0) is 30.8. The highest BCUT2D eigenvalue weighted by Gasteiger charge is 2.33. The Morgan fingerprint density at radius 2 is 1.30 bits per heavy atom. The number of amides is 1. The summed E-state index contributed by atoms with van der Waals surface area (Å²) in [6.45, 7) is 5.67. The zero-order valence-electron chi connectivity index (χ0n) is 24.3. The molecule has 3 N–H and O–H groups in total. The highest BCUT2D eigenvalue weighted by atomic mass is 16.5. The summed E-state index contributed by atoms with van der Waals surface area (Å²) in [5.74, 6) is -2.54. The quantitative estimate of drug-likeness (QED) is 0.353. The molecule has 2 aliphatic heterocycles. The van der Waals surface area contributed by atoms with E-state index in [2.05, 4.69) is 75.4 Å². The van der Waals surface area contributed by atoms with Gasteiger partial charge in [0.15, 0.2) is 11.5 Å². The molecule has 10 nitrogen and oxygen atoms in total. The summed E-state index contributed by atoms with van der Waals surface area (Å²) in [6.07, 6.45) is 1.72. The van der Waals surface area contributed by atoms with Crippen molar-refractivity contribution < 1.29 is 34.4 Å². The number of carboxylic acids is 2. The van der Waals surface area contributed by atoms with Crippen molar-refractivity contribution >= 4 is 17.8 Å². The predicted molar refractivity (Wildman–Crippen MR) is 161 cm³/mol. The van der Waals surface area contributed by atoms with Crippen LogP contribution in [-0.2, 0) is 20.9 Å². The van der Waals surface area contributed by atoms with E-state index in [1.807, 2.05) is 12.1 Å². The Bertz CT molecular complexity index is 1300. The van der Waals surface area contributed by atoms with Crippen LogP contribution in [0, 0.1) is 5.92 Å². The fourth-order valence-corrected chi connectivity index (χ4v) is 5.78. The van der Waals surface area contributed by atoms with Gasteiger partial charge in [0, 0.05) is 44.2 Å². The number of carbonyl (C=O) groups is 3. The maximum atomic E-state index is 13.4. The molecule has 3 aromatic carbocycles. The number of carboxylic acid groups (broad SMARTS) is 2. The molecule has 10 heteroatoms. The number of hydrogen-bond acceptors (Lipinski definition) is 7. The lowest BCUT2D eigenvalue weighted by atomic mass is 9.94. The highest BCUT2D eigenvalue weighted by Crippen LogP contribution is 2.32. The van der Waals surface area contributed by atoms with Crippen molar-refractivity contribution in [3.63, 3.8) is 0 Å². The summed E-state index contributed by atoms with van der Waals surface area (Å²) in [7, 11) is 1.57. The first kappa shape index (κ1) is 31.5. The molecule has 43 heavy (non-hydrogen) atoms. The number of hydrogen-bond donors (Lipinski definition) is 3. The molecule has 2 aliphatic rings. The van der Waals surface area contributed by atoms with Crippen molar-refractivity contribution in [3.05, 3.63) is 95.6 Å². The molecule has 0 aliphatic carbocycles. The molecule has 228 valence electrons. The smallest absolute Gasteiger partial charge is 0.414 e. The summed E-state index contributed by atoms with van der Waals surface area (Å²) in [6, 6.07) is 27.2. The number of phenols is 1. The van der Waals surface area contributed by atoms with Crippen LogP contribution in [0.5, 0.6) is 11.5 Å². The van der Waals surface area contributed by atoms with Crippen LogP contribution >= 0.6 is 0 Å². The second kappa shape index (κ2) is 15.2. The average Bonchev–Trinajstić information content (AvgIpc) is 3.04. The number of aromatic hydroxyl groups is 1. The van der Waals surface area contributed by atoms with Gasteiger partial charge in [-0.2, -0.15) is 0 Å². The summed E-state index contributed by atoms with van der Waals surface area (Å²) in [5.41, 5.74) is 3.46. The molecular weight excluding hydrogens is 550 g/mol. The molecule has 0 atom stereocenters. The van der Waals surface area contributed by atoms with E-state index in [-0.39, 0.29) is 17.7 Å². The summed E-state index contributed by atoms with van der Waals surface area (Å²) in [5, 5.41) is 25.2. The Morgan fingerprint density at radius 3 is 1.79 bits per heavy atom. The van der Waals surface area contributed by atoms with Crippen LogP contribution in [0.2, 0.25) is 0 Å². The number of nitrogens with zero attached hydrogens (tertiary/aromatic N) is 3. The van der Waals surface area contributed by atoms with E-state index >= 15 is 0 Å². The Hall–Kier alpha value is -4.41. The Balaban J connectivity index is 0.000000641. The van der Waals surface area contributed by atoms with E-state index in [0.29, 0.717) is 18.2 Å². The van der Waals surface area contributed by atoms with Crippen molar-refractivity contribution in [2.45, 2.75) is 25.4 Å². The van der Waals surface area contributed by atoms with Crippen LogP contribution in [0.25, 0.3) is 0 Å². The maximum absolute atomic E-state index is 13.4. The van der Waals surface area contributed by atoms with Gasteiger partial charge in [-0.05, 0) is 43.1 Å². The van der Waals surface area contributed by atoms with Gasteiger partial charge in [0.2, 0.25) is 5.91 Å². The SMILES string of the molecule is COc1cccc(CN2CCC(C(=O)N3CCN(C(c4ccccc4)c4ccccc4)CC3)CC2)c1O.O=C(O)C(=O)O. The van der Waals surface area contributed by atoms with Crippen molar-refractivity contribution in [2.75, 3.05) is 46.4 Å². The van der Waals surface area contributed by atoms with Gasteiger partial charge in [-0.25, -0.2) is 9.59 Å². The van der Waals surface area contributed by atoms with Gasteiger partial charge < -0.3 is 25.0 Å². The Morgan fingerprint density at radius 1 is 0.767 bits per heavy atom. The molecule has 0 spiro atoms. The minimum Gasteiger partial charge on any atom is -0.504 e. The number of carbonyl (C=O) groups excluding carboxylic acids is 1. The fourth-order valence-electron chi connectivity index (χ4n) is 5.78. The normalized spacial score (nSPS) is 16.3. The third-order valence-electron chi connectivity index (χ3n) is 8.04. The van der Waals surface area contributed by atoms with Gasteiger partial charge in [0.05, 0.1) is 13.2 Å². The summed E-state index contributed by atoms with van der Waals surface area (Å²) >= 11 is 0. The van der Waals surface area contributed by atoms with Gasteiger partial charge in [0.1, 0.15) is 0 Å². The minimum absolute atomic E-state index is 0.0840. The van der Waals surface area contributed by atoms with Crippen LogP contribution in [0.1, 0.15) is 35.6 Å². The first-order chi connectivity index (χ1) is 20.8. The second-order valence-corrected chi connectivity index (χ2v) is 10.7. The predicted octanol–water partition coefficient (Wildman–Crippen LogP) is 3.70. The van der Waals surface area contributed by atoms with Gasteiger partial charge in [0.25, 0.3) is 0 Å². The molecule has 0 unspecified atom stereocenters. The first-order valence-corrected chi connectivity index (χ1v) is 14.4. The van der Waals surface area contributed by atoms with Gasteiger partial charge in [-0.1, -0.05) is 72.8 Å². The van der Waals surface area contributed by atoms with Crippen molar-refractivity contribution in [1.29, 1.82) is 0 Å². The highest BCUT2D eigenvalue weighted by molar-refractivity contribution is 6.27. The fraction of sp³-hybridized carbons (Fsp3) is 0.364. The molecule has 1 amide bonds. The van der Waals surface area contributed by atoms with Crippen molar-refractivity contribution in [3.8, 4) is 11.5 Å². The first-order valence-electron chi connectivity index (χ1n) is 14.4. The molecule has 0 bridgehead atoms. The van der Waals surface area contributed by atoms with Crippen LogP contribution < -0.4 is 4.74 Å². The zero-order valence-corrected chi connectivity index (χ0v) is 24.3. The van der Waals surface area contributed by atoms with E-state index in [9.17, 15) is 9.90 Å². The molecule has 0 radical (unpaired) electrons. The summed E-state index contributed by atoms with van der Waals surface area (Å²) in [4.78, 5) is 38.5. The number of benzene rings is 3. The molecule has 0 saturated carbocycles. The summed E-state index contributed by atoms with van der Waals surface area (Å²) < 4.78 is 5.24. The second-order valence-electron chi connectivity index (χ2n) is 10.7. The number of piperazine rings is 1. The molecule has 0 aromatic heterocycles. The Kier molecular flexibility index (Phi) is 11.1. The van der Waals surface area contributed by atoms with Crippen LogP contribution in [0.15, 0.2) is 78.9 Å². The maximum Gasteiger partial charge on any atom is 0.414 e. The number of likely N-dealkylation sites (tertiary alicyclic amines) is 1. The number of methoxy groups -OCH3 is 1. The van der Waals surface area contributed by atoms with Gasteiger partial charge >= 0.3 is 11.9 Å². The minimum atomic E-state index is -1.82. The van der Waals surface area contributed by atoms with E-state index in [1.54, 1.807) is 13.2 Å². The average molecular weight is 590 g/mol. The van der Waals surface area contributed by atoms with E-state index in [1.165, 1.54) is 11.1 Å². The number of ether oxygens (including phenoxy) is 1. The third-order valence-corrected chi connectivity index (χ3v) is 8.04. The molecule has 2 saturated heterocycles. The lowest BCUT2D eigenvalue weighted by Crippen LogP contribution is -2.52. The van der Waals surface area contributed by atoms with E-state index in [0.717, 1.165) is 57.7 Å². The lowest BCUT2D eigenvalue weighted by molar-refractivity contribution is -0.159. The molecule has 5 rings (SSSR count). The van der Waals surface area contributed by atoms with E-state index < -0.39 is 11.9 Å². The lowest BCUT2D eigenvalue weighted by Gasteiger charge is -2.41. The monoisotopic (exact) mass is 589 g/mol. The number of rotatable bonds is 7. The molecule has 2 fully saturated rings. The van der Waals surface area contributed by atoms with E-state index in [4.69, 9.17) is 24.5 Å². The largest absolute Gasteiger partial charge is 0.504 e. The van der Waals surface area contributed by atoms with Crippen molar-refractivity contribution in [2.24, 2.45) is 5.92 Å². The number of piperidine rings is 1. The number of aliphatic carboxylic acids is 2. The number of para-hydroxylation sites is 1. The number of phenolic OH excluding ortho intramolecular Hbond substituents is 1. The van der Waals surface area contributed by atoms with Gasteiger partial charge in [-0.15, -0.1) is 0 Å². The molecule has 3 aromatic rings. The van der Waals surface area contributed by atoms with Crippen LogP contribution in [-0.4, -0.2) is 94.2 Å². The molecular formula is C33H39N3O7. The van der Waals surface area contributed by atoms with Gasteiger partial charge in [-0.3, -0.25) is 14.6 Å². The van der Waals surface area contributed by atoms with Crippen LogP contribution in [0.3, 0.4) is 0 Å². The topological polar surface area (TPSA) is 131 Å². The molecule has 2 heterocycles. The Labute approximate surface area is 251 Å². The standard InChI is InChI=1S/C31H37N3O3.C2H2O4/c1-37-28-14-8-13-27(30(28)35)23-32-17-15-26(16-18-32)31(36)34-21-19-33(20-22-34)29(24-9-4-2-5-10-24)25-11-6-3-7-12-25;3-1(4)2(5)6/h2-14,26,29,35H,15-23H2,1H3;(H,3,4)(H,5,6). The third kappa shape index (κ3) is 8.33. The van der Waals surface area contributed by atoms with Crippen LogP contribution in [0.4, 0.5) is 0 Å². The van der Waals surface area contributed by atoms with Crippen molar-refractivity contribution in [1.82, 2.24) is 14.7 Å².